The maximum atomic E-state index is 13.6. The van der Waals surface area contributed by atoms with Crippen LogP contribution in [0.25, 0.3) is 0 Å². The average Bonchev–Trinajstić information content (AvgIpc) is 2.79. The van der Waals surface area contributed by atoms with Gasteiger partial charge >= 0.3 is 6.09 Å². The second kappa shape index (κ2) is 12.4. The third kappa shape index (κ3) is 8.14. The first-order valence-corrected chi connectivity index (χ1v) is 11.9. The summed E-state index contributed by atoms with van der Waals surface area (Å²) in [6, 6.07) is 11.8. The van der Waals surface area contributed by atoms with Crippen LogP contribution in [0.5, 0.6) is 0 Å². The Morgan fingerprint density at radius 2 is 1.80 bits per heavy atom. The van der Waals surface area contributed by atoms with Crippen molar-refractivity contribution in [2.75, 3.05) is 18.4 Å². The number of benzene rings is 2. The second-order valence-corrected chi connectivity index (χ2v) is 9.52. The molecule has 188 valence electrons. The van der Waals surface area contributed by atoms with E-state index in [9.17, 15) is 14.4 Å². The SMILES string of the molecule is C=CCN(C(=O)CNC(=O)OC(C)(C)C)C(C(=O)Nc1c(C)cccc1Cl)c1ccc(CC)cc1. The predicted octanol–water partition coefficient (Wildman–Crippen LogP) is 5.43. The van der Waals surface area contributed by atoms with Gasteiger partial charge in [0.05, 0.1) is 10.7 Å². The minimum atomic E-state index is -0.984. The van der Waals surface area contributed by atoms with E-state index < -0.39 is 29.6 Å². The normalized spacial score (nSPS) is 11.8. The van der Waals surface area contributed by atoms with Gasteiger partial charge in [0.2, 0.25) is 5.91 Å². The molecule has 0 aromatic heterocycles. The van der Waals surface area contributed by atoms with Gasteiger partial charge in [-0.1, -0.05) is 61.0 Å². The Morgan fingerprint density at radius 1 is 1.14 bits per heavy atom. The number of amides is 3. The molecular formula is C27H34ClN3O4. The van der Waals surface area contributed by atoms with Crippen molar-refractivity contribution >= 4 is 35.2 Å². The molecule has 7 nitrogen and oxygen atoms in total. The Labute approximate surface area is 212 Å². The Kier molecular flexibility index (Phi) is 9.89. The molecule has 0 saturated carbocycles. The lowest BCUT2D eigenvalue weighted by molar-refractivity contribution is -0.137. The van der Waals surface area contributed by atoms with Crippen LogP contribution in [-0.2, 0) is 20.7 Å². The van der Waals surface area contributed by atoms with Crippen LogP contribution >= 0.6 is 11.6 Å². The molecule has 0 spiro atoms. The lowest BCUT2D eigenvalue weighted by Gasteiger charge is -2.31. The minimum absolute atomic E-state index is 0.0873. The molecule has 2 rings (SSSR count). The number of nitrogens with one attached hydrogen (secondary N) is 2. The van der Waals surface area contributed by atoms with Crippen LogP contribution in [0.4, 0.5) is 10.5 Å². The molecule has 0 aliphatic rings. The first kappa shape index (κ1) is 27.9. The highest BCUT2D eigenvalue weighted by molar-refractivity contribution is 6.34. The summed E-state index contributed by atoms with van der Waals surface area (Å²) in [5.74, 6) is -0.899. The lowest BCUT2D eigenvalue weighted by Crippen LogP contribution is -2.46. The van der Waals surface area contributed by atoms with Crippen molar-refractivity contribution in [3.63, 3.8) is 0 Å². The fourth-order valence-electron chi connectivity index (χ4n) is 3.44. The Morgan fingerprint density at radius 3 is 2.34 bits per heavy atom. The van der Waals surface area contributed by atoms with E-state index >= 15 is 0 Å². The van der Waals surface area contributed by atoms with Crippen LogP contribution in [0.1, 0.15) is 50.4 Å². The molecule has 2 N–H and O–H groups in total. The van der Waals surface area contributed by atoms with Crippen molar-refractivity contribution in [1.29, 1.82) is 0 Å². The van der Waals surface area contributed by atoms with Gasteiger partial charge in [-0.05, 0) is 56.9 Å². The standard InChI is InChI=1S/C27H34ClN3O4/c1-7-16-31(22(32)17-29-26(34)35-27(4,5)6)24(20-14-12-19(8-2)13-15-20)25(33)30-23-18(3)10-9-11-21(23)28/h7,9-15,24H,1,8,16-17H2,2-6H3,(H,29,34)(H,30,33). The van der Waals surface area contributed by atoms with E-state index in [0.29, 0.717) is 16.3 Å². The van der Waals surface area contributed by atoms with Gasteiger partial charge in [-0.25, -0.2) is 4.79 Å². The van der Waals surface area contributed by atoms with Crippen LogP contribution in [-0.4, -0.2) is 41.5 Å². The van der Waals surface area contributed by atoms with E-state index in [-0.39, 0.29) is 13.1 Å². The van der Waals surface area contributed by atoms with Gasteiger partial charge in [-0.3, -0.25) is 9.59 Å². The maximum absolute atomic E-state index is 13.6. The number of anilines is 1. The van der Waals surface area contributed by atoms with E-state index in [4.69, 9.17) is 16.3 Å². The number of carbonyl (C=O) groups is 3. The van der Waals surface area contributed by atoms with Crippen LogP contribution in [0.2, 0.25) is 5.02 Å². The third-order valence-electron chi connectivity index (χ3n) is 5.16. The van der Waals surface area contributed by atoms with Crippen molar-refractivity contribution in [1.82, 2.24) is 10.2 Å². The molecule has 0 heterocycles. The number of carbonyl (C=O) groups excluding carboxylic acids is 3. The zero-order valence-corrected chi connectivity index (χ0v) is 21.7. The molecule has 0 saturated heterocycles. The summed E-state index contributed by atoms with van der Waals surface area (Å²) in [5, 5.41) is 5.75. The number of para-hydroxylation sites is 1. The number of aryl methyl sites for hydroxylation is 2. The summed E-state index contributed by atoms with van der Waals surface area (Å²) >= 11 is 6.33. The summed E-state index contributed by atoms with van der Waals surface area (Å²) < 4.78 is 5.22. The predicted molar refractivity (Wildman–Crippen MR) is 140 cm³/mol. The molecule has 8 heteroatoms. The molecule has 2 aromatic rings. The fraction of sp³-hybridized carbons (Fsp3) is 0.370. The monoisotopic (exact) mass is 499 g/mol. The minimum Gasteiger partial charge on any atom is -0.444 e. The van der Waals surface area contributed by atoms with Gasteiger partial charge in [0.25, 0.3) is 5.91 Å². The van der Waals surface area contributed by atoms with E-state index in [0.717, 1.165) is 17.5 Å². The fourth-order valence-corrected chi connectivity index (χ4v) is 3.71. The molecule has 0 bridgehead atoms. The molecular weight excluding hydrogens is 466 g/mol. The average molecular weight is 500 g/mol. The van der Waals surface area contributed by atoms with Gasteiger partial charge < -0.3 is 20.3 Å². The number of ether oxygens (including phenoxy) is 1. The lowest BCUT2D eigenvalue weighted by atomic mass is 10.0. The Bertz CT molecular complexity index is 1040. The van der Waals surface area contributed by atoms with E-state index in [1.54, 1.807) is 32.9 Å². The van der Waals surface area contributed by atoms with Crippen molar-refractivity contribution in [2.45, 2.75) is 52.7 Å². The van der Waals surface area contributed by atoms with Crippen molar-refractivity contribution in [2.24, 2.45) is 0 Å². The summed E-state index contributed by atoms with van der Waals surface area (Å²) in [5.41, 5.74) is 2.29. The number of hydrogen-bond donors (Lipinski definition) is 2. The zero-order valence-electron chi connectivity index (χ0n) is 21.0. The second-order valence-electron chi connectivity index (χ2n) is 9.11. The Balaban J connectivity index is 2.38. The van der Waals surface area contributed by atoms with Crippen LogP contribution in [0, 0.1) is 6.92 Å². The van der Waals surface area contributed by atoms with Gasteiger partial charge in [-0.15, -0.1) is 6.58 Å². The molecule has 0 aliphatic heterocycles. The van der Waals surface area contributed by atoms with E-state index in [1.165, 1.54) is 11.0 Å². The molecule has 1 atom stereocenters. The highest BCUT2D eigenvalue weighted by Gasteiger charge is 2.32. The summed E-state index contributed by atoms with van der Waals surface area (Å²) in [7, 11) is 0. The number of rotatable bonds is 9. The number of halogens is 1. The molecule has 0 fully saturated rings. The summed E-state index contributed by atoms with van der Waals surface area (Å²) in [6.45, 7) is 12.6. The van der Waals surface area contributed by atoms with Crippen molar-refractivity contribution in [3.05, 3.63) is 76.8 Å². The molecule has 2 aromatic carbocycles. The molecule has 35 heavy (non-hydrogen) atoms. The van der Waals surface area contributed by atoms with Crippen molar-refractivity contribution in [3.8, 4) is 0 Å². The maximum Gasteiger partial charge on any atom is 0.408 e. The van der Waals surface area contributed by atoms with Crippen LogP contribution in [0.3, 0.4) is 0 Å². The number of hydrogen-bond acceptors (Lipinski definition) is 4. The zero-order chi connectivity index (χ0) is 26.2. The number of alkyl carbamates (subject to hydrolysis) is 1. The first-order chi connectivity index (χ1) is 16.5. The van der Waals surface area contributed by atoms with Crippen molar-refractivity contribution < 1.29 is 19.1 Å². The summed E-state index contributed by atoms with van der Waals surface area (Å²) in [6.07, 6.45) is 1.65. The highest BCUT2D eigenvalue weighted by atomic mass is 35.5. The first-order valence-electron chi connectivity index (χ1n) is 11.5. The smallest absolute Gasteiger partial charge is 0.408 e. The van der Waals surface area contributed by atoms with Crippen LogP contribution < -0.4 is 10.6 Å². The van der Waals surface area contributed by atoms with Gasteiger partial charge in [0.15, 0.2) is 0 Å². The molecule has 0 aliphatic carbocycles. The van der Waals surface area contributed by atoms with E-state index in [1.807, 2.05) is 44.2 Å². The topological polar surface area (TPSA) is 87.7 Å². The quantitative estimate of drug-likeness (QED) is 0.450. The molecule has 1 unspecified atom stereocenters. The third-order valence-corrected chi connectivity index (χ3v) is 5.48. The van der Waals surface area contributed by atoms with E-state index in [2.05, 4.69) is 17.2 Å². The Hall–Kier alpha value is -3.32. The highest BCUT2D eigenvalue weighted by Crippen LogP contribution is 2.29. The van der Waals surface area contributed by atoms with Gasteiger partial charge in [0.1, 0.15) is 18.2 Å². The van der Waals surface area contributed by atoms with Gasteiger partial charge in [-0.2, -0.15) is 0 Å². The number of nitrogens with zero attached hydrogens (tertiary/aromatic N) is 1. The molecule has 0 radical (unpaired) electrons. The van der Waals surface area contributed by atoms with Crippen LogP contribution in [0.15, 0.2) is 55.1 Å². The largest absolute Gasteiger partial charge is 0.444 e. The van der Waals surface area contributed by atoms with Gasteiger partial charge in [0, 0.05) is 6.54 Å². The molecule has 3 amide bonds. The summed E-state index contributed by atoms with van der Waals surface area (Å²) in [4.78, 5) is 40.3.